The summed E-state index contributed by atoms with van der Waals surface area (Å²) in [6.45, 7) is 4.97. The van der Waals surface area contributed by atoms with Crippen molar-refractivity contribution >= 4 is 23.7 Å². The minimum atomic E-state index is -1.10. The molecule has 30 heavy (non-hydrogen) atoms. The molecule has 0 aromatic heterocycles. The van der Waals surface area contributed by atoms with Gasteiger partial charge in [0.25, 0.3) is 0 Å². The van der Waals surface area contributed by atoms with E-state index in [4.69, 9.17) is 28.4 Å². The van der Waals surface area contributed by atoms with Crippen LogP contribution in [0.15, 0.2) is 24.3 Å². The monoisotopic (exact) mass is 428 g/mol. The number of carbonyl (C=O) groups excluding carboxylic acids is 4. The molecule has 1 heterocycles. The van der Waals surface area contributed by atoms with Gasteiger partial charge in [-0.05, 0) is 32.9 Å². The zero-order valence-electron chi connectivity index (χ0n) is 17.5. The molecule has 10 nitrogen and oxygen atoms in total. The summed E-state index contributed by atoms with van der Waals surface area (Å²) < 4.78 is 30.9. The average Bonchev–Trinajstić information content (AvgIpc) is 2.66. The van der Waals surface area contributed by atoms with Crippen molar-refractivity contribution in [2.45, 2.75) is 51.6 Å². The molecular weight excluding hydrogens is 400 g/mol. The van der Waals surface area contributed by atoms with Crippen molar-refractivity contribution in [2.24, 2.45) is 0 Å². The third-order valence-corrected chi connectivity index (χ3v) is 3.83. The van der Waals surface area contributed by atoms with Gasteiger partial charge in [-0.2, -0.15) is 0 Å². The van der Waals surface area contributed by atoms with E-state index in [2.05, 4.69) is 0 Å². The lowest BCUT2D eigenvalue weighted by Crippen LogP contribution is -2.31. The first kappa shape index (κ1) is 25.5. The number of hydrogen-bond acceptors (Lipinski definition) is 10. The summed E-state index contributed by atoms with van der Waals surface area (Å²) in [7, 11) is 1.53. The molecule has 0 saturated carbocycles. The number of esters is 3. The first-order valence-corrected chi connectivity index (χ1v) is 9.42. The van der Waals surface area contributed by atoms with Crippen molar-refractivity contribution in [2.75, 3.05) is 27.1 Å². The van der Waals surface area contributed by atoms with E-state index in [1.54, 1.807) is 6.92 Å². The lowest BCUT2D eigenvalue weighted by Gasteiger charge is -2.21. The molecule has 10 heteroatoms. The summed E-state index contributed by atoms with van der Waals surface area (Å²) in [4.78, 5) is 47.8. The Morgan fingerprint density at radius 3 is 2.33 bits per heavy atom. The number of ether oxygens (including phenoxy) is 6. The van der Waals surface area contributed by atoms with Gasteiger partial charge in [-0.1, -0.05) is 0 Å². The SMILES string of the molecule is COCCOCO[C@@H]1/C=C/C(=O)O[C@@H](C)CC(=O)O[C@@H](C)C(=O)/C=C/C(=O)O[C@H]1C. The normalized spacial score (nSPS) is 28.9. The summed E-state index contributed by atoms with van der Waals surface area (Å²) >= 11 is 0. The summed E-state index contributed by atoms with van der Waals surface area (Å²) in [5.41, 5.74) is 0. The molecule has 0 saturated heterocycles. The Morgan fingerprint density at radius 2 is 1.63 bits per heavy atom. The summed E-state index contributed by atoms with van der Waals surface area (Å²) in [5.74, 6) is -2.84. The number of methoxy groups -OCH3 is 1. The van der Waals surface area contributed by atoms with Crippen LogP contribution >= 0.6 is 0 Å². The van der Waals surface area contributed by atoms with E-state index in [-0.39, 0.29) is 13.2 Å². The van der Waals surface area contributed by atoms with E-state index in [0.29, 0.717) is 13.2 Å². The smallest absolute Gasteiger partial charge is 0.331 e. The van der Waals surface area contributed by atoms with Crippen LogP contribution in [0.3, 0.4) is 0 Å². The molecule has 1 rings (SSSR count). The number of rotatable bonds is 6. The van der Waals surface area contributed by atoms with Crippen LogP contribution in [0.1, 0.15) is 27.2 Å². The van der Waals surface area contributed by atoms with Crippen LogP contribution in [0, 0.1) is 0 Å². The van der Waals surface area contributed by atoms with Crippen molar-refractivity contribution in [1.29, 1.82) is 0 Å². The fourth-order valence-electron chi connectivity index (χ4n) is 2.24. The molecule has 0 fully saturated rings. The van der Waals surface area contributed by atoms with Gasteiger partial charge in [-0.15, -0.1) is 0 Å². The van der Waals surface area contributed by atoms with Crippen molar-refractivity contribution in [1.82, 2.24) is 0 Å². The highest BCUT2D eigenvalue weighted by Gasteiger charge is 2.22. The van der Waals surface area contributed by atoms with Crippen molar-refractivity contribution in [3.05, 3.63) is 24.3 Å². The predicted molar refractivity (Wildman–Crippen MR) is 102 cm³/mol. The second kappa shape index (κ2) is 13.6. The molecule has 0 amide bonds. The molecule has 0 bridgehead atoms. The third kappa shape index (κ3) is 10.3. The van der Waals surface area contributed by atoms with E-state index >= 15 is 0 Å². The van der Waals surface area contributed by atoms with Crippen molar-refractivity contribution in [3.8, 4) is 0 Å². The Balaban J connectivity index is 2.92. The summed E-state index contributed by atoms with van der Waals surface area (Å²) in [5, 5.41) is 0. The fraction of sp³-hybridized carbons (Fsp3) is 0.600. The second-order valence-corrected chi connectivity index (χ2v) is 6.47. The number of ketones is 1. The minimum absolute atomic E-state index is 0.136. The van der Waals surface area contributed by atoms with Crippen LogP contribution < -0.4 is 0 Å². The molecule has 0 spiro atoms. The Bertz CT molecular complexity index is 654. The van der Waals surface area contributed by atoms with Crippen LogP contribution in [0.2, 0.25) is 0 Å². The van der Waals surface area contributed by atoms with Gasteiger partial charge < -0.3 is 28.4 Å². The average molecular weight is 428 g/mol. The first-order valence-electron chi connectivity index (χ1n) is 9.42. The maximum Gasteiger partial charge on any atom is 0.331 e. The molecule has 0 aliphatic carbocycles. The molecule has 0 aromatic carbocycles. The van der Waals surface area contributed by atoms with Gasteiger partial charge in [0.05, 0.1) is 19.6 Å². The second-order valence-electron chi connectivity index (χ2n) is 6.47. The highest BCUT2D eigenvalue weighted by atomic mass is 16.7. The number of hydrogen-bond donors (Lipinski definition) is 0. The molecule has 1 aliphatic rings. The molecule has 4 atom stereocenters. The molecular formula is C20H28O10. The Morgan fingerprint density at radius 1 is 0.933 bits per heavy atom. The van der Waals surface area contributed by atoms with Gasteiger partial charge in [-0.25, -0.2) is 9.59 Å². The highest BCUT2D eigenvalue weighted by Crippen LogP contribution is 2.10. The fourth-order valence-corrected chi connectivity index (χ4v) is 2.24. The van der Waals surface area contributed by atoms with Gasteiger partial charge in [0, 0.05) is 19.3 Å². The van der Waals surface area contributed by atoms with Crippen LogP contribution in [0.5, 0.6) is 0 Å². The van der Waals surface area contributed by atoms with Crippen molar-refractivity contribution < 1.29 is 47.6 Å². The Labute approximate surface area is 175 Å². The first-order chi connectivity index (χ1) is 14.2. The standard InChI is InChI=1S/C20H28O10/c1-13-11-20(24)29-14(2)16(21)5-7-19(23)30-15(3)17(6-8-18(22)28-13)27-12-26-10-9-25-4/h5-8,13-15,17H,9-12H2,1-4H3/b7-5+,8-6+/t13-,14-,15-,17+/m0/s1. The molecule has 0 radical (unpaired) electrons. The Hall–Kier alpha value is -2.56. The van der Waals surface area contributed by atoms with Gasteiger partial charge >= 0.3 is 17.9 Å². The van der Waals surface area contributed by atoms with Gasteiger partial charge in [-0.3, -0.25) is 9.59 Å². The highest BCUT2D eigenvalue weighted by molar-refractivity contribution is 5.99. The minimum Gasteiger partial charge on any atom is -0.459 e. The van der Waals surface area contributed by atoms with Crippen molar-refractivity contribution in [3.63, 3.8) is 0 Å². The van der Waals surface area contributed by atoms with E-state index in [1.807, 2.05) is 0 Å². The zero-order chi connectivity index (χ0) is 22.5. The molecule has 0 N–H and O–H groups in total. The van der Waals surface area contributed by atoms with E-state index in [9.17, 15) is 19.2 Å². The summed E-state index contributed by atoms with van der Waals surface area (Å²) in [6.07, 6.45) is 0.625. The lowest BCUT2D eigenvalue weighted by atomic mass is 10.2. The molecule has 168 valence electrons. The van der Waals surface area contributed by atoms with Gasteiger partial charge in [0.2, 0.25) is 0 Å². The third-order valence-electron chi connectivity index (χ3n) is 3.83. The largest absolute Gasteiger partial charge is 0.459 e. The maximum absolute atomic E-state index is 12.0. The van der Waals surface area contributed by atoms with Crippen LogP contribution in [-0.2, 0) is 47.6 Å². The number of carbonyl (C=O) groups is 4. The molecule has 0 aromatic rings. The molecule has 1 aliphatic heterocycles. The van der Waals surface area contributed by atoms with Crippen LogP contribution in [-0.4, -0.2) is 75.2 Å². The topological polar surface area (TPSA) is 124 Å². The van der Waals surface area contributed by atoms with E-state index in [0.717, 1.165) is 18.2 Å². The van der Waals surface area contributed by atoms with Crippen LogP contribution in [0.25, 0.3) is 0 Å². The molecule has 0 unspecified atom stereocenters. The Kier molecular flexibility index (Phi) is 11.6. The number of cyclic esters (lactones) is 3. The zero-order valence-corrected chi connectivity index (χ0v) is 17.5. The predicted octanol–water partition coefficient (Wildman–Crippen LogP) is 0.872. The lowest BCUT2D eigenvalue weighted by molar-refractivity contribution is -0.157. The maximum atomic E-state index is 12.0. The van der Waals surface area contributed by atoms with Gasteiger partial charge in [0.15, 0.2) is 11.9 Å². The summed E-state index contributed by atoms with van der Waals surface area (Å²) in [6, 6.07) is 0. The van der Waals surface area contributed by atoms with E-state index < -0.39 is 48.1 Å². The van der Waals surface area contributed by atoms with E-state index in [1.165, 1.54) is 27.0 Å². The van der Waals surface area contributed by atoms with Gasteiger partial charge in [0.1, 0.15) is 25.1 Å². The van der Waals surface area contributed by atoms with Crippen LogP contribution in [0.4, 0.5) is 0 Å². The quantitative estimate of drug-likeness (QED) is 0.260.